The Balaban J connectivity index is 2.70. The standard InChI is InChI=1S/C14H22N4O2/c1-10(12(9-15)13(19)18-14(16)20)17-11-7-5-3-2-4-6-8-11/h11,17H,2-8H2,1H3,(H3,16,18,19,20). The number of carbonyl (C=O) groups excluding carboxylic acids is 2. The van der Waals surface area contributed by atoms with Crippen LogP contribution in [0.15, 0.2) is 11.3 Å². The first-order valence-electron chi connectivity index (χ1n) is 7.03. The summed E-state index contributed by atoms with van der Waals surface area (Å²) in [7, 11) is 0. The molecule has 0 aliphatic heterocycles. The molecule has 1 aliphatic rings. The summed E-state index contributed by atoms with van der Waals surface area (Å²) in [5.41, 5.74) is 5.29. The van der Waals surface area contributed by atoms with E-state index >= 15 is 0 Å². The van der Waals surface area contributed by atoms with Crippen LogP contribution in [-0.4, -0.2) is 18.0 Å². The number of imide groups is 1. The molecule has 0 spiro atoms. The Morgan fingerprint density at radius 3 is 2.20 bits per heavy atom. The Morgan fingerprint density at radius 1 is 1.15 bits per heavy atom. The van der Waals surface area contributed by atoms with Crippen molar-refractivity contribution in [2.45, 2.75) is 57.9 Å². The SMILES string of the molecule is CC(NC1CCCCCCC1)=C(C#N)C(=O)NC(N)=O. The third-order valence-electron chi connectivity index (χ3n) is 3.48. The average molecular weight is 278 g/mol. The molecule has 6 heteroatoms. The van der Waals surface area contributed by atoms with Crippen LogP contribution in [0.1, 0.15) is 51.9 Å². The fourth-order valence-electron chi connectivity index (χ4n) is 2.46. The molecule has 0 radical (unpaired) electrons. The van der Waals surface area contributed by atoms with E-state index in [9.17, 15) is 9.59 Å². The molecule has 0 atom stereocenters. The maximum absolute atomic E-state index is 11.7. The molecule has 3 amide bonds. The van der Waals surface area contributed by atoms with Gasteiger partial charge >= 0.3 is 6.03 Å². The van der Waals surface area contributed by atoms with Gasteiger partial charge in [0.15, 0.2) is 0 Å². The summed E-state index contributed by atoms with van der Waals surface area (Å²) in [4.78, 5) is 22.3. The van der Waals surface area contributed by atoms with Crippen molar-refractivity contribution in [3.63, 3.8) is 0 Å². The number of carbonyl (C=O) groups is 2. The van der Waals surface area contributed by atoms with Crippen LogP contribution in [0.4, 0.5) is 4.79 Å². The van der Waals surface area contributed by atoms with Crippen LogP contribution in [0.2, 0.25) is 0 Å². The molecule has 20 heavy (non-hydrogen) atoms. The number of allylic oxidation sites excluding steroid dienone is 1. The Kier molecular flexibility index (Phi) is 6.57. The predicted octanol–water partition coefficient (Wildman–Crippen LogP) is 1.68. The molecule has 0 bridgehead atoms. The van der Waals surface area contributed by atoms with Crippen molar-refractivity contribution in [3.8, 4) is 6.07 Å². The Hall–Kier alpha value is -2.03. The van der Waals surface area contributed by atoms with E-state index < -0.39 is 11.9 Å². The lowest BCUT2D eigenvalue weighted by atomic mass is 9.96. The van der Waals surface area contributed by atoms with Gasteiger partial charge in [0.05, 0.1) is 0 Å². The van der Waals surface area contributed by atoms with Gasteiger partial charge in [-0.1, -0.05) is 32.1 Å². The number of nitriles is 1. The summed E-state index contributed by atoms with van der Waals surface area (Å²) in [5, 5.41) is 14.2. The summed E-state index contributed by atoms with van der Waals surface area (Å²) in [5.74, 6) is -0.754. The molecule has 1 aliphatic carbocycles. The van der Waals surface area contributed by atoms with Gasteiger partial charge in [-0.05, 0) is 19.8 Å². The van der Waals surface area contributed by atoms with Crippen LogP contribution < -0.4 is 16.4 Å². The fraction of sp³-hybridized carbons (Fsp3) is 0.643. The molecular weight excluding hydrogens is 256 g/mol. The van der Waals surface area contributed by atoms with Gasteiger partial charge in [-0.25, -0.2) is 4.79 Å². The minimum absolute atomic E-state index is 0.0918. The van der Waals surface area contributed by atoms with Gasteiger partial charge in [0.1, 0.15) is 11.6 Å². The number of hydrogen-bond acceptors (Lipinski definition) is 4. The summed E-state index contributed by atoms with van der Waals surface area (Å²) < 4.78 is 0. The van der Waals surface area contributed by atoms with Crippen molar-refractivity contribution >= 4 is 11.9 Å². The predicted molar refractivity (Wildman–Crippen MR) is 75.3 cm³/mol. The maximum Gasteiger partial charge on any atom is 0.319 e. The number of primary amides is 1. The first-order valence-corrected chi connectivity index (χ1v) is 7.03. The lowest BCUT2D eigenvalue weighted by Crippen LogP contribution is -2.37. The quantitative estimate of drug-likeness (QED) is 0.539. The smallest absolute Gasteiger partial charge is 0.319 e. The van der Waals surface area contributed by atoms with Crippen LogP contribution in [0.5, 0.6) is 0 Å². The zero-order valence-corrected chi connectivity index (χ0v) is 11.9. The van der Waals surface area contributed by atoms with Crippen molar-refractivity contribution in [2.75, 3.05) is 0 Å². The molecule has 0 aromatic rings. The monoisotopic (exact) mass is 278 g/mol. The molecule has 110 valence electrons. The van der Waals surface area contributed by atoms with Gasteiger partial charge < -0.3 is 11.1 Å². The van der Waals surface area contributed by atoms with Gasteiger partial charge in [0, 0.05) is 11.7 Å². The zero-order chi connectivity index (χ0) is 15.0. The number of rotatable bonds is 3. The van der Waals surface area contributed by atoms with Crippen LogP contribution >= 0.6 is 0 Å². The lowest BCUT2D eigenvalue weighted by Gasteiger charge is -2.22. The van der Waals surface area contributed by atoms with Crippen molar-refractivity contribution in [1.29, 1.82) is 5.26 Å². The lowest BCUT2D eigenvalue weighted by molar-refractivity contribution is -0.116. The molecule has 0 aromatic carbocycles. The van der Waals surface area contributed by atoms with Crippen LogP contribution in [0.3, 0.4) is 0 Å². The summed E-state index contributed by atoms with van der Waals surface area (Å²) >= 11 is 0. The molecule has 1 fully saturated rings. The molecule has 6 nitrogen and oxygen atoms in total. The summed E-state index contributed by atoms with van der Waals surface area (Å²) in [6.45, 7) is 1.68. The van der Waals surface area contributed by atoms with E-state index in [0.29, 0.717) is 5.70 Å². The zero-order valence-electron chi connectivity index (χ0n) is 11.9. The normalized spacial score (nSPS) is 18.0. The Morgan fingerprint density at radius 2 is 1.70 bits per heavy atom. The van der Waals surface area contributed by atoms with Gasteiger partial charge in [-0.15, -0.1) is 0 Å². The van der Waals surface area contributed by atoms with Gasteiger partial charge in [-0.2, -0.15) is 5.26 Å². The summed E-state index contributed by atoms with van der Waals surface area (Å²) in [6, 6.07) is 1.14. The number of urea groups is 1. The maximum atomic E-state index is 11.7. The second-order valence-corrected chi connectivity index (χ2v) is 5.12. The van der Waals surface area contributed by atoms with E-state index in [1.165, 1.54) is 19.3 Å². The number of nitrogens with zero attached hydrogens (tertiary/aromatic N) is 1. The first kappa shape index (κ1) is 16.0. The highest BCUT2D eigenvalue weighted by molar-refractivity contribution is 6.06. The summed E-state index contributed by atoms with van der Waals surface area (Å²) in [6.07, 6.45) is 8.12. The third kappa shape index (κ3) is 5.31. The molecule has 1 rings (SSSR count). The Labute approximate surface area is 119 Å². The minimum atomic E-state index is -0.957. The topological polar surface area (TPSA) is 108 Å². The molecule has 0 unspecified atom stereocenters. The second kappa shape index (κ2) is 8.20. The minimum Gasteiger partial charge on any atom is -0.385 e. The average Bonchev–Trinajstić information content (AvgIpc) is 2.32. The first-order chi connectivity index (χ1) is 9.54. The highest BCUT2D eigenvalue weighted by Crippen LogP contribution is 2.18. The fourth-order valence-corrected chi connectivity index (χ4v) is 2.46. The highest BCUT2D eigenvalue weighted by Gasteiger charge is 2.17. The van der Waals surface area contributed by atoms with Crippen molar-refractivity contribution < 1.29 is 9.59 Å². The van der Waals surface area contributed by atoms with Crippen molar-refractivity contribution in [1.82, 2.24) is 10.6 Å². The molecule has 0 saturated heterocycles. The van der Waals surface area contributed by atoms with Gasteiger partial charge in [0.25, 0.3) is 5.91 Å². The Bertz CT molecular complexity index is 429. The van der Waals surface area contributed by atoms with Crippen molar-refractivity contribution in [3.05, 3.63) is 11.3 Å². The van der Waals surface area contributed by atoms with E-state index in [4.69, 9.17) is 11.0 Å². The van der Waals surface area contributed by atoms with Crippen LogP contribution in [0.25, 0.3) is 0 Å². The number of hydrogen-bond donors (Lipinski definition) is 3. The van der Waals surface area contributed by atoms with Crippen LogP contribution in [-0.2, 0) is 4.79 Å². The molecule has 4 N–H and O–H groups in total. The molecule has 1 saturated carbocycles. The molecular formula is C14H22N4O2. The van der Waals surface area contributed by atoms with Gasteiger partial charge in [0.2, 0.25) is 0 Å². The third-order valence-corrected chi connectivity index (χ3v) is 3.48. The number of nitrogens with one attached hydrogen (secondary N) is 2. The molecule has 0 heterocycles. The van der Waals surface area contributed by atoms with Crippen molar-refractivity contribution in [2.24, 2.45) is 5.73 Å². The van der Waals surface area contributed by atoms with E-state index in [1.54, 1.807) is 6.92 Å². The van der Waals surface area contributed by atoms with E-state index in [0.717, 1.165) is 25.7 Å². The van der Waals surface area contributed by atoms with E-state index in [-0.39, 0.29) is 11.6 Å². The van der Waals surface area contributed by atoms with Crippen LogP contribution in [0, 0.1) is 11.3 Å². The largest absolute Gasteiger partial charge is 0.385 e. The number of amides is 3. The number of nitrogens with two attached hydrogens (primary N) is 1. The van der Waals surface area contributed by atoms with Gasteiger partial charge in [-0.3, -0.25) is 10.1 Å². The van der Waals surface area contributed by atoms with E-state index in [2.05, 4.69) is 5.32 Å². The van der Waals surface area contributed by atoms with E-state index in [1.807, 2.05) is 11.4 Å². The highest BCUT2D eigenvalue weighted by atomic mass is 16.2. The second-order valence-electron chi connectivity index (χ2n) is 5.12. The molecule has 0 aromatic heterocycles.